The number of carbonyl (C=O) groups is 1. The lowest BCUT2D eigenvalue weighted by Gasteiger charge is -2.34. The molecule has 0 aliphatic carbocycles. The molecule has 9 nitrogen and oxygen atoms in total. The minimum Gasteiger partial charge on any atom is -0.383 e. The summed E-state index contributed by atoms with van der Waals surface area (Å²) >= 11 is 0. The van der Waals surface area contributed by atoms with Crippen LogP contribution >= 0.6 is 0 Å². The highest BCUT2D eigenvalue weighted by molar-refractivity contribution is 6.02. The molecule has 2 saturated heterocycles. The molecule has 10 heteroatoms. The van der Waals surface area contributed by atoms with E-state index in [0.717, 1.165) is 69.2 Å². The quantitative estimate of drug-likeness (QED) is 0.523. The first-order valence-electron chi connectivity index (χ1n) is 12.6. The van der Waals surface area contributed by atoms with Gasteiger partial charge in [-0.25, -0.2) is 19.3 Å². The van der Waals surface area contributed by atoms with Gasteiger partial charge in [0.05, 0.1) is 5.69 Å². The number of piperidine rings is 1. The summed E-state index contributed by atoms with van der Waals surface area (Å²) in [7, 11) is 1.57. The second-order valence-corrected chi connectivity index (χ2v) is 9.63. The van der Waals surface area contributed by atoms with E-state index in [0.29, 0.717) is 16.9 Å². The Kier molecular flexibility index (Phi) is 6.86. The molecule has 0 bridgehead atoms. The lowest BCUT2D eigenvalue weighted by atomic mass is 9.95. The number of imidazole rings is 1. The Hall–Kier alpha value is -3.53. The van der Waals surface area contributed by atoms with Crippen molar-refractivity contribution < 1.29 is 9.18 Å². The van der Waals surface area contributed by atoms with E-state index < -0.39 is 0 Å². The number of hydrogen-bond donors (Lipinski definition) is 2. The largest absolute Gasteiger partial charge is 0.383 e. The first-order valence-corrected chi connectivity index (χ1v) is 12.6. The third-order valence-electron chi connectivity index (χ3n) is 7.34. The number of nitrogens with one attached hydrogen (secondary N) is 1. The SMILES string of the molecule is CNC(=O)c1c(N)ncnc1N1CCC(c2nc(-c3ccc(F)c(C)c3)cn2CCN2CCC2)CC1. The number of likely N-dealkylation sites (tertiary alicyclic amines) is 1. The summed E-state index contributed by atoms with van der Waals surface area (Å²) < 4.78 is 16.2. The van der Waals surface area contributed by atoms with Crippen molar-refractivity contribution >= 4 is 17.5 Å². The van der Waals surface area contributed by atoms with Gasteiger partial charge in [0.2, 0.25) is 0 Å². The van der Waals surface area contributed by atoms with Crippen LogP contribution in [0.5, 0.6) is 0 Å². The molecule has 0 radical (unpaired) electrons. The zero-order valence-corrected chi connectivity index (χ0v) is 20.9. The van der Waals surface area contributed by atoms with Crippen LogP contribution in [0, 0.1) is 12.7 Å². The molecule has 4 heterocycles. The van der Waals surface area contributed by atoms with E-state index in [1.54, 1.807) is 20.0 Å². The molecule has 0 saturated carbocycles. The van der Waals surface area contributed by atoms with Crippen LogP contribution < -0.4 is 16.0 Å². The summed E-state index contributed by atoms with van der Waals surface area (Å²) in [4.78, 5) is 30.4. The van der Waals surface area contributed by atoms with E-state index in [-0.39, 0.29) is 23.5 Å². The van der Waals surface area contributed by atoms with Gasteiger partial charge < -0.3 is 25.4 Å². The van der Waals surface area contributed by atoms with Crippen molar-refractivity contribution in [3.8, 4) is 11.3 Å². The monoisotopic (exact) mass is 492 g/mol. The normalized spacial score (nSPS) is 16.7. The van der Waals surface area contributed by atoms with Crippen LogP contribution in [-0.2, 0) is 6.54 Å². The van der Waals surface area contributed by atoms with E-state index in [1.165, 1.54) is 18.8 Å². The van der Waals surface area contributed by atoms with E-state index >= 15 is 0 Å². The first kappa shape index (κ1) is 24.2. The first-order chi connectivity index (χ1) is 17.4. The smallest absolute Gasteiger partial charge is 0.258 e. The maximum absolute atomic E-state index is 13.9. The van der Waals surface area contributed by atoms with Crippen LogP contribution in [0.25, 0.3) is 11.3 Å². The molecule has 2 fully saturated rings. The molecule has 190 valence electrons. The van der Waals surface area contributed by atoms with Gasteiger partial charge in [-0.15, -0.1) is 0 Å². The van der Waals surface area contributed by atoms with Crippen molar-refractivity contribution in [2.75, 3.05) is 50.4 Å². The van der Waals surface area contributed by atoms with Gasteiger partial charge in [-0.3, -0.25) is 4.79 Å². The predicted molar refractivity (Wildman–Crippen MR) is 137 cm³/mol. The fourth-order valence-electron chi connectivity index (χ4n) is 5.05. The molecule has 3 N–H and O–H groups in total. The standard InChI is InChI=1S/C26H33FN8O/c1-17-14-19(4-5-20(17)27)21-15-35(13-12-33-8-3-9-33)24(32-21)18-6-10-34(11-7-18)25-22(26(36)29-2)23(28)30-16-31-25/h4-5,14-16,18H,3,6-13H2,1-2H3,(H,29,36)(H2,28,30,31). The number of anilines is 2. The Labute approximate surface area is 210 Å². The number of rotatable bonds is 7. The van der Waals surface area contributed by atoms with E-state index in [4.69, 9.17) is 10.7 Å². The molecule has 3 aromatic rings. The molecule has 1 amide bonds. The summed E-state index contributed by atoms with van der Waals surface area (Å²) in [5.74, 6) is 1.61. The number of aromatic nitrogens is 4. The molecule has 2 aromatic heterocycles. The van der Waals surface area contributed by atoms with E-state index in [1.807, 2.05) is 6.07 Å². The van der Waals surface area contributed by atoms with Crippen molar-refractivity contribution in [1.29, 1.82) is 0 Å². The van der Waals surface area contributed by atoms with Crippen molar-refractivity contribution in [2.45, 2.75) is 38.6 Å². The zero-order chi connectivity index (χ0) is 25.2. The average molecular weight is 493 g/mol. The van der Waals surface area contributed by atoms with Crippen molar-refractivity contribution in [3.63, 3.8) is 0 Å². The van der Waals surface area contributed by atoms with Crippen LogP contribution in [0.2, 0.25) is 0 Å². The minimum absolute atomic E-state index is 0.183. The Balaban J connectivity index is 1.37. The number of carbonyl (C=O) groups excluding carboxylic acids is 1. The topological polar surface area (TPSA) is 105 Å². The molecular formula is C26H33FN8O. The summed E-state index contributed by atoms with van der Waals surface area (Å²) in [6, 6.07) is 5.18. The van der Waals surface area contributed by atoms with Gasteiger partial charge in [-0.2, -0.15) is 0 Å². The number of hydrogen-bond acceptors (Lipinski definition) is 7. The summed E-state index contributed by atoms with van der Waals surface area (Å²) in [5.41, 5.74) is 8.77. The molecule has 2 aliphatic rings. The summed E-state index contributed by atoms with van der Waals surface area (Å²) in [5, 5.41) is 2.64. The lowest BCUT2D eigenvalue weighted by molar-refractivity contribution is 0.0963. The van der Waals surface area contributed by atoms with Gasteiger partial charge in [0.15, 0.2) is 0 Å². The molecule has 36 heavy (non-hydrogen) atoms. The lowest BCUT2D eigenvalue weighted by Crippen LogP contribution is -2.39. The minimum atomic E-state index is -0.286. The fourth-order valence-corrected chi connectivity index (χ4v) is 5.05. The van der Waals surface area contributed by atoms with Gasteiger partial charge in [0.25, 0.3) is 5.91 Å². The average Bonchev–Trinajstić information content (AvgIpc) is 3.28. The highest BCUT2D eigenvalue weighted by Gasteiger charge is 2.29. The Bertz CT molecular complexity index is 1250. The molecular weight excluding hydrogens is 459 g/mol. The molecule has 0 spiro atoms. The maximum Gasteiger partial charge on any atom is 0.258 e. The number of nitrogens with two attached hydrogens (primary N) is 1. The highest BCUT2D eigenvalue weighted by Crippen LogP contribution is 2.33. The molecule has 0 unspecified atom stereocenters. The Morgan fingerprint density at radius 3 is 2.61 bits per heavy atom. The van der Waals surface area contributed by atoms with Crippen LogP contribution in [0.1, 0.15) is 46.9 Å². The Morgan fingerprint density at radius 2 is 1.94 bits per heavy atom. The highest BCUT2D eigenvalue weighted by atomic mass is 19.1. The fraction of sp³-hybridized carbons (Fsp3) is 0.462. The van der Waals surface area contributed by atoms with Crippen molar-refractivity contribution in [2.24, 2.45) is 0 Å². The molecule has 1 aromatic carbocycles. The summed E-state index contributed by atoms with van der Waals surface area (Å²) in [6.07, 6.45) is 6.53. The van der Waals surface area contributed by atoms with Gasteiger partial charge in [-0.1, -0.05) is 0 Å². The van der Waals surface area contributed by atoms with Crippen molar-refractivity contribution in [3.05, 3.63) is 53.5 Å². The van der Waals surface area contributed by atoms with Crippen LogP contribution in [0.15, 0.2) is 30.7 Å². The zero-order valence-electron chi connectivity index (χ0n) is 20.9. The van der Waals surface area contributed by atoms with Gasteiger partial charge in [-0.05, 0) is 63.0 Å². The van der Waals surface area contributed by atoms with Crippen molar-refractivity contribution in [1.82, 2.24) is 29.7 Å². The van der Waals surface area contributed by atoms with E-state index in [9.17, 15) is 9.18 Å². The maximum atomic E-state index is 13.9. The number of nitrogen functional groups attached to an aromatic ring is 1. The van der Waals surface area contributed by atoms with Gasteiger partial charge >= 0.3 is 0 Å². The number of aryl methyl sites for hydroxylation is 1. The second-order valence-electron chi connectivity index (χ2n) is 9.63. The predicted octanol–water partition coefficient (Wildman–Crippen LogP) is 2.82. The third kappa shape index (κ3) is 4.77. The Morgan fingerprint density at radius 1 is 1.17 bits per heavy atom. The second kappa shape index (κ2) is 10.2. The van der Waals surface area contributed by atoms with E-state index in [2.05, 4.69) is 35.8 Å². The number of nitrogens with zero attached hydrogens (tertiary/aromatic N) is 6. The third-order valence-corrected chi connectivity index (χ3v) is 7.34. The molecule has 2 aliphatic heterocycles. The summed E-state index contributed by atoms with van der Waals surface area (Å²) in [6.45, 7) is 7.43. The van der Waals surface area contributed by atoms with Crippen LogP contribution in [0.3, 0.4) is 0 Å². The van der Waals surface area contributed by atoms with Gasteiger partial charge in [0, 0.05) is 50.9 Å². The van der Waals surface area contributed by atoms with Crippen LogP contribution in [-0.4, -0.2) is 70.1 Å². The molecule has 5 rings (SSSR count). The number of benzene rings is 1. The molecule has 0 atom stereocenters. The number of amides is 1. The van der Waals surface area contributed by atoms with Gasteiger partial charge in [0.1, 0.15) is 35.2 Å². The van der Waals surface area contributed by atoms with Crippen LogP contribution in [0.4, 0.5) is 16.0 Å². The number of halogens is 1.